The van der Waals surface area contributed by atoms with Gasteiger partial charge in [0.05, 0.1) is 5.69 Å². The third-order valence-electron chi connectivity index (χ3n) is 3.85. The number of aromatic nitrogens is 3. The van der Waals surface area contributed by atoms with Crippen molar-refractivity contribution < 1.29 is 5.11 Å². The quantitative estimate of drug-likeness (QED) is 0.603. The zero-order valence-electron chi connectivity index (χ0n) is 12.4. The molecule has 0 saturated carbocycles. The van der Waals surface area contributed by atoms with E-state index in [4.69, 9.17) is 0 Å². The number of nitrogens with one attached hydrogen (secondary N) is 1. The molecule has 0 atom stereocenters. The molecule has 112 valence electrons. The van der Waals surface area contributed by atoms with E-state index < -0.39 is 0 Å². The lowest BCUT2D eigenvalue weighted by atomic mass is 10.1. The highest BCUT2D eigenvalue weighted by atomic mass is 16.3. The molecule has 4 heteroatoms. The second-order valence-electron chi connectivity index (χ2n) is 5.51. The first-order valence-corrected chi connectivity index (χ1v) is 7.47. The molecule has 0 bridgehead atoms. The lowest BCUT2D eigenvalue weighted by Crippen LogP contribution is -1.89. The first kappa shape index (κ1) is 13.5. The van der Waals surface area contributed by atoms with Gasteiger partial charge >= 0.3 is 0 Å². The van der Waals surface area contributed by atoms with E-state index in [9.17, 15) is 5.11 Å². The second-order valence-corrected chi connectivity index (χ2v) is 5.51. The number of rotatable bonds is 3. The summed E-state index contributed by atoms with van der Waals surface area (Å²) in [5.41, 5.74) is 4.45. The van der Waals surface area contributed by atoms with E-state index in [1.165, 1.54) is 5.56 Å². The van der Waals surface area contributed by atoms with Crippen molar-refractivity contribution in [3.63, 3.8) is 0 Å². The number of hydrogen-bond acceptors (Lipinski definition) is 3. The molecule has 0 aliphatic carbocycles. The standard InChI is InChI=1S/C19H15N3O/c23-18-9-5-4-8-16(18)17-12-14-11-15(20-19(14)22-21-17)10-13-6-2-1-3-7-13/h1-9,11-12,23H,10H2,(H,20,22). The zero-order valence-corrected chi connectivity index (χ0v) is 12.4. The van der Waals surface area contributed by atoms with Gasteiger partial charge in [0, 0.05) is 23.1 Å². The molecule has 4 rings (SSSR count). The summed E-state index contributed by atoms with van der Waals surface area (Å²) in [6.07, 6.45) is 0.823. The van der Waals surface area contributed by atoms with E-state index in [1.54, 1.807) is 12.1 Å². The summed E-state index contributed by atoms with van der Waals surface area (Å²) in [5.74, 6) is 0.209. The van der Waals surface area contributed by atoms with Crippen LogP contribution in [0.15, 0.2) is 66.7 Å². The summed E-state index contributed by atoms with van der Waals surface area (Å²) in [6, 6.07) is 21.5. The van der Waals surface area contributed by atoms with Crippen LogP contribution in [0.3, 0.4) is 0 Å². The molecule has 0 saturated heterocycles. The van der Waals surface area contributed by atoms with Crippen LogP contribution < -0.4 is 0 Å². The number of aromatic amines is 1. The molecule has 0 fully saturated rings. The monoisotopic (exact) mass is 301 g/mol. The van der Waals surface area contributed by atoms with Gasteiger partial charge in [-0.25, -0.2) is 0 Å². The van der Waals surface area contributed by atoms with Crippen LogP contribution in [0, 0.1) is 0 Å². The molecule has 0 spiro atoms. The molecule has 0 amide bonds. The molecule has 4 aromatic rings. The van der Waals surface area contributed by atoms with E-state index >= 15 is 0 Å². The minimum Gasteiger partial charge on any atom is -0.507 e. The Balaban J connectivity index is 1.71. The third-order valence-corrected chi connectivity index (χ3v) is 3.85. The van der Waals surface area contributed by atoms with E-state index in [-0.39, 0.29) is 5.75 Å². The molecule has 2 N–H and O–H groups in total. The fourth-order valence-electron chi connectivity index (χ4n) is 2.72. The van der Waals surface area contributed by atoms with Crippen LogP contribution in [0.4, 0.5) is 0 Å². The fraction of sp³-hybridized carbons (Fsp3) is 0.0526. The van der Waals surface area contributed by atoms with Gasteiger partial charge in [0.25, 0.3) is 0 Å². The van der Waals surface area contributed by atoms with Crippen LogP contribution in [-0.2, 0) is 6.42 Å². The minimum absolute atomic E-state index is 0.209. The molecule has 4 nitrogen and oxygen atoms in total. The molecule has 2 aromatic heterocycles. The maximum atomic E-state index is 9.96. The first-order chi connectivity index (χ1) is 11.3. The number of nitrogens with zero attached hydrogens (tertiary/aromatic N) is 2. The van der Waals surface area contributed by atoms with Gasteiger partial charge in [0.2, 0.25) is 0 Å². The molecule has 0 aliphatic heterocycles. The summed E-state index contributed by atoms with van der Waals surface area (Å²) < 4.78 is 0. The molecule has 2 aromatic carbocycles. The summed E-state index contributed by atoms with van der Waals surface area (Å²) in [4.78, 5) is 3.30. The van der Waals surface area contributed by atoms with E-state index in [0.717, 1.165) is 23.1 Å². The number of H-pyrrole nitrogens is 1. The van der Waals surface area contributed by atoms with E-state index in [2.05, 4.69) is 33.4 Å². The maximum absolute atomic E-state index is 9.96. The van der Waals surface area contributed by atoms with E-state index in [0.29, 0.717) is 11.3 Å². The number of phenols is 1. The van der Waals surface area contributed by atoms with Crippen LogP contribution in [0.2, 0.25) is 0 Å². The van der Waals surface area contributed by atoms with Crippen molar-refractivity contribution in [1.29, 1.82) is 0 Å². The van der Waals surface area contributed by atoms with Crippen molar-refractivity contribution in [3.05, 3.63) is 78.0 Å². The fourth-order valence-corrected chi connectivity index (χ4v) is 2.72. The van der Waals surface area contributed by atoms with Crippen molar-refractivity contribution in [2.24, 2.45) is 0 Å². The Morgan fingerprint density at radius 1 is 0.870 bits per heavy atom. The van der Waals surface area contributed by atoms with Gasteiger partial charge in [0.1, 0.15) is 5.75 Å². The molecule has 0 unspecified atom stereocenters. The maximum Gasteiger partial charge on any atom is 0.160 e. The number of aromatic hydroxyl groups is 1. The second kappa shape index (κ2) is 5.57. The van der Waals surface area contributed by atoms with Crippen molar-refractivity contribution in [1.82, 2.24) is 15.2 Å². The lowest BCUT2D eigenvalue weighted by Gasteiger charge is -2.02. The highest BCUT2D eigenvalue weighted by Crippen LogP contribution is 2.28. The highest BCUT2D eigenvalue weighted by Gasteiger charge is 2.09. The van der Waals surface area contributed by atoms with Gasteiger partial charge in [-0.2, -0.15) is 0 Å². The van der Waals surface area contributed by atoms with Gasteiger partial charge < -0.3 is 10.1 Å². The van der Waals surface area contributed by atoms with Crippen LogP contribution >= 0.6 is 0 Å². The van der Waals surface area contributed by atoms with Crippen LogP contribution in [-0.4, -0.2) is 20.3 Å². The smallest absolute Gasteiger partial charge is 0.160 e. The average molecular weight is 301 g/mol. The molecule has 0 aliphatic rings. The number of fused-ring (bicyclic) bond motifs is 1. The molecular formula is C19H15N3O. The summed E-state index contributed by atoms with van der Waals surface area (Å²) in [5, 5.41) is 19.4. The Morgan fingerprint density at radius 3 is 2.48 bits per heavy atom. The van der Waals surface area contributed by atoms with Crippen LogP contribution in [0.25, 0.3) is 22.3 Å². The Kier molecular flexibility index (Phi) is 3.27. The first-order valence-electron chi connectivity index (χ1n) is 7.47. The SMILES string of the molecule is Oc1ccccc1-c1cc2cc(Cc3ccccc3)[nH]c2nn1. The van der Waals surface area contributed by atoms with Gasteiger partial charge in [-0.3, -0.25) is 0 Å². The lowest BCUT2D eigenvalue weighted by molar-refractivity contribution is 0.477. The van der Waals surface area contributed by atoms with Crippen molar-refractivity contribution in [2.75, 3.05) is 0 Å². The van der Waals surface area contributed by atoms with Gasteiger partial charge in [-0.15, -0.1) is 10.2 Å². The Bertz CT molecular complexity index is 961. The number of para-hydroxylation sites is 1. The number of benzene rings is 2. The minimum atomic E-state index is 0.209. The topological polar surface area (TPSA) is 61.8 Å². The summed E-state index contributed by atoms with van der Waals surface area (Å²) in [7, 11) is 0. The van der Waals surface area contributed by atoms with Crippen LogP contribution in [0.5, 0.6) is 5.75 Å². The third kappa shape index (κ3) is 2.66. The van der Waals surface area contributed by atoms with Crippen molar-refractivity contribution >= 4 is 11.0 Å². The average Bonchev–Trinajstić information content (AvgIpc) is 2.97. The largest absolute Gasteiger partial charge is 0.507 e. The Morgan fingerprint density at radius 2 is 1.65 bits per heavy atom. The molecule has 2 heterocycles. The van der Waals surface area contributed by atoms with Crippen LogP contribution in [0.1, 0.15) is 11.3 Å². The number of hydrogen-bond donors (Lipinski definition) is 2. The molecule has 0 radical (unpaired) electrons. The van der Waals surface area contributed by atoms with Gasteiger partial charge in [-0.05, 0) is 29.8 Å². The Labute approximate surface area is 133 Å². The Hall–Kier alpha value is -3.14. The van der Waals surface area contributed by atoms with E-state index in [1.807, 2.05) is 36.4 Å². The normalized spacial score (nSPS) is 11.0. The highest BCUT2D eigenvalue weighted by molar-refractivity contribution is 5.81. The summed E-state index contributed by atoms with van der Waals surface area (Å²) in [6.45, 7) is 0. The zero-order chi connectivity index (χ0) is 15.6. The van der Waals surface area contributed by atoms with Gasteiger partial charge in [0.15, 0.2) is 5.65 Å². The van der Waals surface area contributed by atoms with Crippen molar-refractivity contribution in [2.45, 2.75) is 6.42 Å². The van der Waals surface area contributed by atoms with Gasteiger partial charge in [-0.1, -0.05) is 42.5 Å². The summed E-state index contributed by atoms with van der Waals surface area (Å²) >= 11 is 0. The van der Waals surface area contributed by atoms with Crippen molar-refractivity contribution in [3.8, 4) is 17.0 Å². The predicted octanol–water partition coefficient (Wildman–Crippen LogP) is 3.92. The number of phenolic OH excluding ortho intramolecular Hbond substituents is 1. The predicted molar refractivity (Wildman–Crippen MR) is 90.2 cm³/mol. The molecule has 23 heavy (non-hydrogen) atoms. The molecular weight excluding hydrogens is 286 g/mol.